The minimum atomic E-state index is -0.826. The van der Waals surface area contributed by atoms with E-state index in [1.807, 2.05) is 0 Å². The number of carbonyl (C=O) groups is 1. The van der Waals surface area contributed by atoms with E-state index in [0.29, 0.717) is 6.41 Å². The number of nitrogens with two attached hydrogens (primary N) is 1. The summed E-state index contributed by atoms with van der Waals surface area (Å²) >= 11 is 0. The summed E-state index contributed by atoms with van der Waals surface area (Å²) in [5.41, 5.74) is 5.35. The third-order valence-electron chi connectivity index (χ3n) is 2.16. The summed E-state index contributed by atoms with van der Waals surface area (Å²) in [5, 5.41) is 18.6. The Bertz CT molecular complexity index is 277. The first kappa shape index (κ1) is 15.6. The largest absolute Gasteiger partial charge is 0.394 e. The lowest BCUT2D eigenvalue weighted by Gasteiger charge is -2.24. The maximum atomic E-state index is 10.0. The van der Waals surface area contributed by atoms with E-state index in [2.05, 4.69) is 4.99 Å². The van der Waals surface area contributed by atoms with Gasteiger partial charge in [0.2, 0.25) is 6.41 Å². The van der Waals surface area contributed by atoms with Crippen LogP contribution >= 0.6 is 0 Å². The lowest BCUT2D eigenvalue weighted by atomic mass is 10.2. The molecule has 7 nitrogen and oxygen atoms in total. The van der Waals surface area contributed by atoms with Crippen molar-refractivity contribution in [1.82, 2.24) is 4.90 Å². The Labute approximate surface area is 100 Å². The number of amidine groups is 1. The maximum absolute atomic E-state index is 10.0. The molecule has 0 saturated heterocycles. The quantitative estimate of drug-likeness (QED) is 0.211. The number of rotatable bonds is 8. The van der Waals surface area contributed by atoms with Crippen LogP contribution in [-0.4, -0.2) is 60.5 Å². The van der Waals surface area contributed by atoms with E-state index in [9.17, 15) is 9.90 Å². The molecule has 0 aliphatic heterocycles. The molecule has 7 heteroatoms. The smallest absolute Gasteiger partial charge is 0.234 e. The first-order chi connectivity index (χ1) is 8.04. The summed E-state index contributed by atoms with van der Waals surface area (Å²) in [4.78, 5) is 14.8. The summed E-state index contributed by atoms with van der Waals surface area (Å²) in [5.74, 6) is 0.0458. The Balaban J connectivity index is 4.25. The van der Waals surface area contributed by atoms with Crippen LogP contribution < -0.4 is 5.73 Å². The van der Waals surface area contributed by atoms with E-state index in [-0.39, 0.29) is 18.9 Å². The Morgan fingerprint density at radius 1 is 1.65 bits per heavy atom. The van der Waals surface area contributed by atoms with Gasteiger partial charge in [-0.3, -0.25) is 4.79 Å². The SMILES string of the molecule is COC(CO)CC(O)N(C)/C=C\C(N)=N/C=O. The third kappa shape index (κ3) is 6.67. The third-order valence-corrected chi connectivity index (χ3v) is 2.16. The lowest BCUT2D eigenvalue weighted by Crippen LogP contribution is -2.33. The lowest BCUT2D eigenvalue weighted by molar-refractivity contribution is -0.106. The molecule has 98 valence electrons. The molecular weight excluding hydrogens is 226 g/mol. The van der Waals surface area contributed by atoms with E-state index < -0.39 is 12.3 Å². The maximum Gasteiger partial charge on any atom is 0.234 e. The number of hydrogen-bond acceptors (Lipinski definition) is 5. The van der Waals surface area contributed by atoms with Crippen LogP contribution in [0.15, 0.2) is 17.3 Å². The van der Waals surface area contributed by atoms with Crippen molar-refractivity contribution in [3.05, 3.63) is 12.3 Å². The van der Waals surface area contributed by atoms with Crippen LogP contribution in [0.5, 0.6) is 0 Å². The van der Waals surface area contributed by atoms with Gasteiger partial charge in [-0.2, -0.15) is 4.99 Å². The molecule has 0 fully saturated rings. The molecule has 17 heavy (non-hydrogen) atoms. The second-order valence-corrected chi connectivity index (χ2v) is 3.40. The number of nitrogens with zero attached hydrogens (tertiary/aromatic N) is 2. The summed E-state index contributed by atoms with van der Waals surface area (Å²) in [7, 11) is 3.08. The standard InChI is InChI=1S/C10H19N3O4/c1-13(4-3-9(11)12-7-15)10(16)5-8(6-14)17-2/h3-4,7-8,10,14,16H,5-6H2,1-2H3,(H2,11,12,15)/b4-3-. The molecule has 0 spiro atoms. The van der Waals surface area contributed by atoms with Gasteiger partial charge >= 0.3 is 0 Å². The second-order valence-electron chi connectivity index (χ2n) is 3.40. The van der Waals surface area contributed by atoms with E-state index in [4.69, 9.17) is 15.6 Å². The fraction of sp³-hybridized carbons (Fsp3) is 0.600. The Kier molecular flexibility index (Phi) is 7.95. The first-order valence-electron chi connectivity index (χ1n) is 5.03. The number of aliphatic hydroxyl groups excluding tert-OH is 2. The molecule has 0 aliphatic rings. The van der Waals surface area contributed by atoms with Crippen LogP contribution in [0.2, 0.25) is 0 Å². The first-order valence-corrected chi connectivity index (χ1v) is 5.03. The molecule has 2 unspecified atom stereocenters. The van der Waals surface area contributed by atoms with Gasteiger partial charge in [0.05, 0.1) is 12.7 Å². The highest BCUT2D eigenvalue weighted by molar-refractivity contribution is 5.95. The van der Waals surface area contributed by atoms with E-state index in [0.717, 1.165) is 0 Å². The van der Waals surface area contributed by atoms with Crippen LogP contribution in [-0.2, 0) is 9.53 Å². The zero-order valence-corrected chi connectivity index (χ0v) is 9.98. The van der Waals surface area contributed by atoms with Crippen LogP contribution in [0, 0.1) is 0 Å². The van der Waals surface area contributed by atoms with Gasteiger partial charge in [-0.1, -0.05) is 0 Å². The number of carbonyl (C=O) groups excluding carboxylic acids is 1. The molecule has 2 atom stereocenters. The molecule has 0 radical (unpaired) electrons. The van der Waals surface area contributed by atoms with Crippen molar-refractivity contribution >= 4 is 12.2 Å². The predicted molar refractivity (Wildman–Crippen MR) is 63.1 cm³/mol. The highest BCUT2D eigenvalue weighted by Gasteiger charge is 2.14. The van der Waals surface area contributed by atoms with Crippen molar-refractivity contribution in [2.45, 2.75) is 18.8 Å². The van der Waals surface area contributed by atoms with Crippen molar-refractivity contribution in [3.8, 4) is 0 Å². The van der Waals surface area contributed by atoms with Crippen molar-refractivity contribution in [1.29, 1.82) is 0 Å². The molecule has 1 amide bonds. The molecular formula is C10H19N3O4. The molecule has 4 N–H and O–H groups in total. The zero-order chi connectivity index (χ0) is 13.3. The number of aliphatic imine (C=N–C) groups is 1. The number of methoxy groups -OCH3 is 1. The van der Waals surface area contributed by atoms with Gasteiger partial charge in [-0.05, 0) is 6.08 Å². The van der Waals surface area contributed by atoms with Crippen LogP contribution in [0.3, 0.4) is 0 Å². The van der Waals surface area contributed by atoms with Crippen LogP contribution in [0.25, 0.3) is 0 Å². The van der Waals surface area contributed by atoms with Gasteiger partial charge < -0.3 is 25.6 Å². The fourth-order valence-electron chi connectivity index (χ4n) is 1.04. The summed E-state index contributed by atoms with van der Waals surface area (Å²) < 4.78 is 4.93. The number of hydrogen-bond donors (Lipinski definition) is 3. The Hall–Kier alpha value is -1.44. The van der Waals surface area contributed by atoms with Gasteiger partial charge in [0, 0.05) is 26.8 Å². The molecule has 0 rings (SSSR count). The molecule has 0 bridgehead atoms. The van der Waals surface area contributed by atoms with E-state index in [1.54, 1.807) is 7.05 Å². The zero-order valence-electron chi connectivity index (χ0n) is 9.98. The average molecular weight is 245 g/mol. The number of aliphatic hydroxyl groups is 2. The van der Waals surface area contributed by atoms with Crippen LogP contribution in [0.4, 0.5) is 0 Å². The van der Waals surface area contributed by atoms with Crippen molar-refractivity contribution in [3.63, 3.8) is 0 Å². The van der Waals surface area contributed by atoms with Gasteiger partial charge in [-0.25, -0.2) is 0 Å². The van der Waals surface area contributed by atoms with E-state index >= 15 is 0 Å². The topological polar surface area (TPSA) is 108 Å². The molecule has 0 aromatic rings. The van der Waals surface area contributed by atoms with Crippen LogP contribution in [0.1, 0.15) is 6.42 Å². The van der Waals surface area contributed by atoms with E-state index in [1.165, 1.54) is 24.3 Å². The van der Waals surface area contributed by atoms with Crippen molar-refractivity contribution in [2.24, 2.45) is 10.7 Å². The Morgan fingerprint density at radius 2 is 2.29 bits per heavy atom. The van der Waals surface area contributed by atoms with Gasteiger partial charge in [-0.15, -0.1) is 0 Å². The molecule has 0 heterocycles. The minimum Gasteiger partial charge on any atom is -0.394 e. The summed E-state index contributed by atoms with van der Waals surface area (Å²) in [6.07, 6.45) is 2.20. The predicted octanol–water partition coefficient (Wildman–Crippen LogP) is -1.34. The minimum absolute atomic E-state index is 0.0458. The van der Waals surface area contributed by atoms with Gasteiger partial charge in [0.15, 0.2) is 0 Å². The van der Waals surface area contributed by atoms with Crippen molar-refractivity contribution < 1.29 is 19.7 Å². The highest BCUT2D eigenvalue weighted by atomic mass is 16.5. The van der Waals surface area contributed by atoms with Gasteiger partial charge in [0.25, 0.3) is 0 Å². The Morgan fingerprint density at radius 3 is 2.76 bits per heavy atom. The summed E-state index contributed by atoms with van der Waals surface area (Å²) in [6.45, 7) is -0.167. The molecule has 0 aliphatic carbocycles. The second kappa shape index (κ2) is 8.68. The average Bonchev–Trinajstić information content (AvgIpc) is 2.32. The summed E-state index contributed by atoms with van der Waals surface area (Å²) in [6, 6.07) is 0. The fourth-order valence-corrected chi connectivity index (χ4v) is 1.04. The number of ether oxygens (including phenoxy) is 1. The van der Waals surface area contributed by atoms with Gasteiger partial charge in [0.1, 0.15) is 12.1 Å². The highest BCUT2D eigenvalue weighted by Crippen LogP contribution is 2.05. The normalized spacial score (nSPS) is 15.9. The van der Waals surface area contributed by atoms with Crippen molar-refractivity contribution in [2.75, 3.05) is 20.8 Å². The molecule has 0 aromatic heterocycles. The monoisotopic (exact) mass is 245 g/mol. The molecule has 0 saturated carbocycles. The number of amides is 1. The molecule has 0 aromatic carbocycles.